The van der Waals surface area contributed by atoms with Gasteiger partial charge in [-0.1, -0.05) is 37.3 Å². The molecule has 0 saturated carbocycles. The molecular weight excluding hydrogens is 384 g/mol. The molecule has 1 aliphatic rings. The molecule has 0 fully saturated rings. The van der Waals surface area contributed by atoms with E-state index in [0.29, 0.717) is 5.56 Å². The van der Waals surface area contributed by atoms with E-state index in [1.807, 2.05) is 31.3 Å². The lowest BCUT2D eigenvalue weighted by molar-refractivity contribution is 0.558. The van der Waals surface area contributed by atoms with Crippen molar-refractivity contribution in [2.75, 3.05) is 5.32 Å². The average Bonchev–Trinajstić information content (AvgIpc) is 3.19. The van der Waals surface area contributed by atoms with Gasteiger partial charge >= 0.3 is 0 Å². The first-order valence-corrected chi connectivity index (χ1v) is 10.4. The van der Waals surface area contributed by atoms with E-state index in [0.717, 1.165) is 57.5 Å². The van der Waals surface area contributed by atoms with E-state index in [1.54, 1.807) is 6.20 Å². The second kappa shape index (κ2) is 7.37. The summed E-state index contributed by atoms with van der Waals surface area (Å²) in [6, 6.07) is 10.5. The second-order valence-corrected chi connectivity index (χ2v) is 7.93. The zero-order valence-corrected chi connectivity index (χ0v) is 17.5. The lowest BCUT2D eigenvalue weighted by Gasteiger charge is -2.33. The Morgan fingerprint density at radius 3 is 2.81 bits per heavy atom. The van der Waals surface area contributed by atoms with Crippen LogP contribution in [0.1, 0.15) is 31.2 Å². The summed E-state index contributed by atoms with van der Waals surface area (Å²) < 4.78 is 0. The highest BCUT2D eigenvalue weighted by molar-refractivity contribution is 5.97. The molecule has 2 N–H and O–H groups in total. The van der Waals surface area contributed by atoms with Crippen LogP contribution in [0.2, 0.25) is 0 Å². The van der Waals surface area contributed by atoms with Gasteiger partial charge in [-0.05, 0) is 43.5 Å². The molecule has 0 spiro atoms. The van der Waals surface area contributed by atoms with E-state index in [-0.39, 0.29) is 5.54 Å². The third-order valence-corrected chi connectivity index (χ3v) is 5.93. The number of aromatic nitrogens is 4. The maximum Gasteiger partial charge on any atom is 0.157 e. The summed E-state index contributed by atoms with van der Waals surface area (Å²) in [6.45, 7) is 4.08. The van der Waals surface area contributed by atoms with Gasteiger partial charge in [0.25, 0.3) is 0 Å². The van der Waals surface area contributed by atoms with E-state index in [9.17, 15) is 5.26 Å². The monoisotopic (exact) mass is 406 g/mol. The number of aromatic amines is 1. The van der Waals surface area contributed by atoms with Crippen molar-refractivity contribution in [1.82, 2.24) is 19.9 Å². The minimum Gasteiger partial charge on any atom is -0.374 e. The van der Waals surface area contributed by atoms with Crippen molar-refractivity contribution in [3.05, 3.63) is 72.4 Å². The van der Waals surface area contributed by atoms with Crippen LogP contribution in [-0.4, -0.2) is 25.5 Å². The maximum atomic E-state index is 9.79. The number of benzene rings is 1. The third-order valence-electron chi connectivity index (χ3n) is 5.93. The largest absolute Gasteiger partial charge is 0.374 e. The van der Waals surface area contributed by atoms with Crippen molar-refractivity contribution in [3.8, 4) is 17.2 Å². The number of rotatable bonds is 4. The van der Waals surface area contributed by atoms with Crippen LogP contribution in [0.25, 0.3) is 33.2 Å². The molecule has 0 radical (unpaired) electrons. The Labute approximate surface area is 180 Å². The SMILES string of the molecule is CCC1(Nc2c(C#N)cnc3ccc(-c4cnc5[nH]c(C)nc5c4)cc23)C=CC=CC1. The van der Waals surface area contributed by atoms with Crippen molar-refractivity contribution in [3.63, 3.8) is 0 Å². The van der Waals surface area contributed by atoms with E-state index in [2.05, 4.69) is 68.6 Å². The van der Waals surface area contributed by atoms with Crippen LogP contribution < -0.4 is 5.32 Å². The van der Waals surface area contributed by atoms with Gasteiger partial charge in [0.15, 0.2) is 5.65 Å². The van der Waals surface area contributed by atoms with Gasteiger partial charge in [-0.2, -0.15) is 5.26 Å². The second-order valence-electron chi connectivity index (χ2n) is 7.93. The summed E-state index contributed by atoms with van der Waals surface area (Å²) in [6.07, 6.45) is 13.7. The fourth-order valence-electron chi connectivity index (χ4n) is 4.12. The Morgan fingerprint density at radius 1 is 1.13 bits per heavy atom. The molecule has 0 saturated heterocycles. The number of nitriles is 1. The molecule has 6 nitrogen and oxygen atoms in total. The Kier molecular flexibility index (Phi) is 4.52. The van der Waals surface area contributed by atoms with Gasteiger partial charge in [0.2, 0.25) is 0 Å². The van der Waals surface area contributed by atoms with Gasteiger partial charge in [0.05, 0.1) is 22.3 Å². The Balaban J connectivity index is 1.66. The molecule has 0 amide bonds. The van der Waals surface area contributed by atoms with E-state index in [4.69, 9.17) is 0 Å². The van der Waals surface area contributed by atoms with Crippen LogP contribution in [-0.2, 0) is 0 Å². The number of aryl methyl sites for hydroxylation is 1. The van der Waals surface area contributed by atoms with Gasteiger partial charge in [0, 0.05) is 23.3 Å². The van der Waals surface area contributed by atoms with Crippen LogP contribution in [0.3, 0.4) is 0 Å². The van der Waals surface area contributed by atoms with Gasteiger partial charge in [-0.3, -0.25) is 4.98 Å². The number of imidazole rings is 1. The number of pyridine rings is 2. The van der Waals surface area contributed by atoms with E-state index < -0.39 is 0 Å². The summed E-state index contributed by atoms with van der Waals surface area (Å²) in [5.74, 6) is 0.840. The molecule has 1 aliphatic carbocycles. The summed E-state index contributed by atoms with van der Waals surface area (Å²) in [5.41, 5.74) is 5.57. The average molecular weight is 406 g/mol. The molecule has 1 atom stereocenters. The van der Waals surface area contributed by atoms with Crippen molar-refractivity contribution in [1.29, 1.82) is 5.26 Å². The number of fused-ring (bicyclic) bond motifs is 2. The van der Waals surface area contributed by atoms with Crippen LogP contribution in [0.4, 0.5) is 5.69 Å². The molecule has 1 aromatic carbocycles. The number of anilines is 1. The molecule has 3 aromatic heterocycles. The number of H-pyrrole nitrogens is 1. The summed E-state index contributed by atoms with van der Waals surface area (Å²) in [7, 11) is 0. The molecule has 4 aromatic rings. The maximum absolute atomic E-state index is 9.79. The number of allylic oxidation sites excluding steroid dienone is 2. The fraction of sp³-hybridized carbons (Fsp3) is 0.200. The first-order valence-electron chi connectivity index (χ1n) is 10.4. The summed E-state index contributed by atoms with van der Waals surface area (Å²) >= 11 is 0. The molecule has 0 aliphatic heterocycles. The molecule has 31 heavy (non-hydrogen) atoms. The number of nitrogens with one attached hydrogen (secondary N) is 2. The van der Waals surface area contributed by atoms with E-state index in [1.165, 1.54) is 0 Å². The van der Waals surface area contributed by atoms with E-state index >= 15 is 0 Å². The zero-order chi connectivity index (χ0) is 21.4. The predicted octanol–water partition coefficient (Wildman–Crippen LogP) is 5.43. The summed E-state index contributed by atoms with van der Waals surface area (Å²) in [4.78, 5) is 16.7. The minimum atomic E-state index is -0.225. The highest BCUT2D eigenvalue weighted by Gasteiger charge is 2.27. The van der Waals surface area contributed by atoms with Crippen molar-refractivity contribution in [2.45, 2.75) is 32.2 Å². The number of hydrogen-bond donors (Lipinski definition) is 2. The highest BCUT2D eigenvalue weighted by atomic mass is 15.0. The lowest BCUT2D eigenvalue weighted by atomic mass is 9.87. The standard InChI is InChI=1S/C25H22N6/c1-3-25(9-5-4-6-10-25)31-23-19(13-26)15-27-21-8-7-17(11-20(21)23)18-12-22-24(28-14-18)30-16(2)29-22/h4-9,11-12,14-15H,3,10H2,1-2H3,(H,27,31)(H,28,29,30). The van der Waals surface area contributed by atoms with Gasteiger partial charge in [-0.15, -0.1) is 0 Å². The Morgan fingerprint density at radius 2 is 2.03 bits per heavy atom. The topological polar surface area (TPSA) is 90.3 Å². The van der Waals surface area contributed by atoms with Crippen molar-refractivity contribution in [2.24, 2.45) is 0 Å². The first kappa shape index (κ1) is 19.0. The van der Waals surface area contributed by atoms with Crippen LogP contribution in [0.15, 0.2) is 61.0 Å². The summed E-state index contributed by atoms with van der Waals surface area (Å²) in [5, 5.41) is 14.4. The Bertz CT molecular complexity index is 1410. The zero-order valence-electron chi connectivity index (χ0n) is 17.5. The molecule has 0 bridgehead atoms. The minimum absolute atomic E-state index is 0.225. The van der Waals surface area contributed by atoms with Crippen molar-refractivity contribution >= 4 is 27.8 Å². The first-order chi connectivity index (χ1) is 15.1. The molecule has 152 valence electrons. The van der Waals surface area contributed by atoms with Crippen LogP contribution in [0.5, 0.6) is 0 Å². The van der Waals surface area contributed by atoms with Crippen LogP contribution >= 0.6 is 0 Å². The number of hydrogen-bond acceptors (Lipinski definition) is 5. The fourth-order valence-corrected chi connectivity index (χ4v) is 4.12. The quantitative estimate of drug-likeness (QED) is 0.472. The molecular formula is C25H22N6. The van der Waals surface area contributed by atoms with Gasteiger partial charge in [0.1, 0.15) is 17.4 Å². The highest BCUT2D eigenvalue weighted by Crippen LogP contribution is 2.35. The van der Waals surface area contributed by atoms with Crippen molar-refractivity contribution < 1.29 is 0 Å². The third kappa shape index (κ3) is 3.34. The molecule has 5 rings (SSSR count). The molecule has 1 unspecified atom stereocenters. The predicted molar refractivity (Wildman–Crippen MR) is 124 cm³/mol. The lowest BCUT2D eigenvalue weighted by Crippen LogP contribution is -2.36. The number of nitrogens with zero attached hydrogens (tertiary/aromatic N) is 4. The van der Waals surface area contributed by atoms with Crippen LogP contribution in [0, 0.1) is 18.3 Å². The Hall–Kier alpha value is -3.98. The normalized spacial score (nSPS) is 17.8. The molecule has 6 heteroatoms. The molecule has 3 heterocycles. The van der Waals surface area contributed by atoms with Gasteiger partial charge in [-0.25, -0.2) is 9.97 Å². The van der Waals surface area contributed by atoms with Gasteiger partial charge < -0.3 is 10.3 Å². The smallest absolute Gasteiger partial charge is 0.157 e.